The van der Waals surface area contributed by atoms with Gasteiger partial charge in [0, 0.05) is 25.9 Å². The summed E-state index contributed by atoms with van der Waals surface area (Å²) in [5.41, 5.74) is 0. The molecular weight excluding hydrogens is 230 g/mol. The van der Waals surface area contributed by atoms with Gasteiger partial charge in [-0.15, -0.1) is 10.2 Å². The molecule has 1 aliphatic rings. The molecule has 0 radical (unpaired) electrons. The molecule has 1 aliphatic heterocycles. The number of nitrogens with zero attached hydrogens (tertiary/aromatic N) is 4. The van der Waals surface area contributed by atoms with E-state index in [-0.39, 0.29) is 0 Å². The van der Waals surface area contributed by atoms with Crippen LogP contribution in [0.15, 0.2) is 0 Å². The Morgan fingerprint density at radius 3 is 2.83 bits per heavy atom. The van der Waals surface area contributed by atoms with Crippen molar-refractivity contribution in [2.75, 3.05) is 13.1 Å². The number of aryl methyl sites for hydroxylation is 1. The van der Waals surface area contributed by atoms with Crippen molar-refractivity contribution in [3.8, 4) is 0 Å². The molecule has 0 saturated carbocycles. The van der Waals surface area contributed by atoms with Crippen LogP contribution in [-0.2, 0) is 11.2 Å². The lowest BCUT2D eigenvalue weighted by molar-refractivity contribution is -0.133. The van der Waals surface area contributed by atoms with Gasteiger partial charge in [0.05, 0.1) is 0 Å². The Bertz CT molecular complexity index is 351. The van der Waals surface area contributed by atoms with Crippen molar-refractivity contribution in [1.29, 1.82) is 0 Å². The van der Waals surface area contributed by atoms with Crippen LogP contribution in [0.4, 0.5) is 0 Å². The minimum absolute atomic E-state index is 0.341. The molecule has 18 heavy (non-hydrogen) atoms. The van der Waals surface area contributed by atoms with Crippen LogP contribution < -0.4 is 0 Å². The molecule has 100 valence electrons. The summed E-state index contributed by atoms with van der Waals surface area (Å²) in [5.74, 6) is 1.13. The predicted molar refractivity (Wildman–Crippen MR) is 66.8 cm³/mol. The van der Waals surface area contributed by atoms with Crippen LogP contribution in [0.3, 0.4) is 0 Å². The Kier molecular flexibility index (Phi) is 5.11. The summed E-state index contributed by atoms with van der Waals surface area (Å²) in [6.45, 7) is 1.89. The standard InChI is InChI=1S/C12H21N5O/c18-12-8-4-6-10-17(12)9-5-2-1-3-7-11-13-15-16-14-11/h1-10H2,(H,13,14,15,16). The number of carbonyl (C=O) groups is 1. The molecule has 0 aliphatic carbocycles. The van der Waals surface area contributed by atoms with Gasteiger partial charge in [-0.1, -0.05) is 18.1 Å². The summed E-state index contributed by atoms with van der Waals surface area (Å²) < 4.78 is 0. The van der Waals surface area contributed by atoms with Crippen LogP contribution in [0.1, 0.15) is 50.8 Å². The monoisotopic (exact) mass is 251 g/mol. The second-order valence-electron chi connectivity index (χ2n) is 4.83. The van der Waals surface area contributed by atoms with Crippen LogP contribution in [-0.4, -0.2) is 44.5 Å². The van der Waals surface area contributed by atoms with Crippen molar-refractivity contribution in [1.82, 2.24) is 25.5 Å². The average molecular weight is 251 g/mol. The second-order valence-corrected chi connectivity index (χ2v) is 4.83. The fraction of sp³-hybridized carbons (Fsp3) is 0.833. The normalized spacial score (nSPS) is 16.2. The average Bonchev–Trinajstić information content (AvgIpc) is 2.89. The molecule has 1 N–H and O–H groups in total. The number of carbonyl (C=O) groups excluding carboxylic acids is 1. The molecule has 0 aromatic carbocycles. The zero-order valence-corrected chi connectivity index (χ0v) is 10.8. The third-order valence-electron chi connectivity index (χ3n) is 3.39. The quantitative estimate of drug-likeness (QED) is 0.741. The van der Waals surface area contributed by atoms with E-state index in [0.29, 0.717) is 5.91 Å². The molecule has 1 amide bonds. The van der Waals surface area contributed by atoms with Crippen LogP contribution in [0.2, 0.25) is 0 Å². The zero-order chi connectivity index (χ0) is 12.6. The number of unbranched alkanes of at least 4 members (excludes halogenated alkanes) is 3. The highest BCUT2D eigenvalue weighted by atomic mass is 16.2. The molecule has 1 aromatic heterocycles. The van der Waals surface area contributed by atoms with E-state index in [9.17, 15) is 4.79 Å². The molecule has 2 rings (SSSR count). The first-order chi connectivity index (χ1) is 8.86. The summed E-state index contributed by atoms with van der Waals surface area (Å²) in [6.07, 6.45) is 8.41. The van der Waals surface area contributed by atoms with Crippen LogP contribution in [0.5, 0.6) is 0 Å². The van der Waals surface area contributed by atoms with Crippen molar-refractivity contribution in [3.05, 3.63) is 5.82 Å². The maximum absolute atomic E-state index is 11.6. The maximum atomic E-state index is 11.6. The zero-order valence-electron chi connectivity index (χ0n) is 10.8. The number of nitrogens with one attached hydrogen (secondary N) is 1. The van der Waals surface area contributed by atoms with E-state index in [2.05, 4.69) is 20.6 Å². The van der Waals surface area contributed by atoms with Crippen molar-refractivity contribution in [3.63, 3.8) is 0 Å². The number of aromatic nitrogens is 4. The van der Waals surface area contributed by atoms with Crippen molar-refractivity contribution < 1.29 is 4.79 Å². The lowest BCUT2D eigenvalue weighted by Crippen LogP contribution is -2.35. The number of hydrogen-bond donors (Lipinski definition) is 1. The van der Waals surface area contributed by atoms with Crippen molar-refractivity contribution in [2.45, 2.75) is 51.4 Å². The van der Waals surface area contributed by atoms with E-state index in [0.717, 1.165) is 57.4 Å². The highest BCUT2D eigenvalue weighted by Gasteiger charge is 2.16. The summed E-state index contributed by atoms with van der Waals surface area (Å²) in [5, 5.41) is 13.8. The van der Waals surface area contributed by atoms with Gasteiger partial charge >= 0.3 is 0 Å². The summed E-state index contributed by atoms with van der Waals surface area (Å²) in [7, 11) is 0. The smallest absolute Gasteiger partial charge is 0.222 e. The van der Waals surface area contributed by atoms with Gasteiger partial charge in [0.25, 0.3) is 0 Å². The molecule has 0 unspecified atom stereocenters. The largest absolute Gasteiger partial charge is 0.343 e. The van der Waals surface area contributed by atoms with Crippen molar-refractivity contribution >= 4 is 5.91 Å². The van der Waals surface area contributed by atoms with Gasteiger partial charge in [-0.2, -0.15) is 5.21 Å². The molecule has 2 heterocycles. The first-order valence-electron chi connectivity index (χ1n) is 6.86. The van der Waals surface area contributed by atoms with Crippen LogP contribution in [0.25, 0.3) is 0 Å². The van der Waals surface area contributed by atoms with Crippen LogP contribution in [0, 0.1) is 0 Å². The topological polar surface area (TPSA) is 74.8 Å². The van der Waals surface area contributed by atoms with Crippen LogP contribution >= 0.6 is 0 Å². The van der Waals surface area contributed by atoms with E-state index in [1.807, 2.05) is 4.90 Å². The predicted octanol–water partition coefficient (Wildman–Crippen LogP) is 1.32. The molecule has 6 nitrogen and oxygen atoms in total. The van der Waals surface area contributed by atoms with Crippen molar-refractivity contribution in [2.24, 2.45) is 0 Å². The molecule has 1 saturated heterocycles. The maximum Gasteiger partial charge on any atom is 0.222 e. The Hall–Kier alpha value is -1.46. The molecule has 0 atom stereocenters. The number of piperidine rings is 1. The van der Waals surface area contributed by atoms with Gasteiger partial charge in [0.1, 0.15) is 0 Å². The molecule has 0 spiro atoms. The van der Waals surface area contributed by atoms with Gasteiger partial charge < -0.3 is 4.90 Å². The Morgan fingerprint density at radius 1 is 1.17 bits per heavy atom. The van der Waals surface area contributed by atoms with E-state index >= 15 is 0 Å². The Balaban J connectivity index is 1.49. The molecule has 0 bridgehead atoms. The number of H-pyrrole nitrogens is 1. The fourth-order valence-electron chi connectivity index (χ4n) is 2.33. The highest BCUT2D eigenvalue weighted by molar-refractivity contribution is 5.76. The van der Waals surface area contributed by atoms with Gasteiger partial charge in [-0.3, -0.25) is 4.79 Å². The molecule has 6 heteroatoms. The number of amides is 1. The number of hydrogen-bond acceptors (Lipinski definition) is 4. The minimum atomic E-state index is 0.341. The van der Waals surface area contributed by atoms with E-state index in [1.54, 1.807) is 0 Å². The lowest BCUT2D eigenvalue weighted by atomic mass is 10.1. The summed E-state index contributed by atoms with van der Waals surface area (Å²) >= 11 is 0. The van der Waals surface area contributed by atoms with Gasteiger partial charge in [-0.05, 0) is 25.7 Å². The van der Waals surface area contributed by atoms with E-state index in [1.165, 1.54) is 12.8 Å². The van der Waals surface area contributed by atoms with Gasteiger partial charge in [0.2, 0.25) is 5.91 Å². The number of aromatic amines is 1. The number of rotatable bonds is 7. The highest BCUT2D eigenvalue weighted by Crippen LogP contribution is 2.12. The number of likely N-dealkylation sites (tertiary alicyclic amines) is 1. The molecule has 1 fully saturated rings. The Labute approximate surface area is 107 Å². The fourth-order valence-corrected chi connectivity index (χ4v) is 2.33. The Morgan fingerprint density at radius 2 is 2.06 bits per heavy atom. The molecular formula is C12H21N5O. The third-order valence-corrected chi connectivity index (χ3v) is 3.39. The van der Waals surface area contributed by atoms with Gasteiger partial charge in [0.15, 0.2) is 5.82 Å². The lowest BCUT2D eigenvalue weighted by Gasteiger charge is -2.26. The summed E-state index contributed by atoms with van der Waals surface area (Å²) in [6, 6.07) is 0. The molecule has 1 aromatic rings. The van der Waals surface area contributed by atoms with E-state index in [4.69, 9.17) is 0 Å². The first-order valence-corrected chi connectivity index (χ1v) is 6.86. The second kappa shape index (κ2) is 7.08. The van der Waals surface area contributed by atoms with Gasteiger partial charge in [-0.25, -0.2) is 0 Å². The van der Waals surface area contributed by atoms with E-state index < -0.39 is 0 Å². The first kappa shape index (κ1) is 13.0. The number of tetrazole rings is 1. The summed E-state index contributed by atoms with van der Waals surface area (Å²) in [4.78, 5) is 13.6. The minimum Gasteiger partial charge on any atom is -0.343 e. The SMILES string of the molecule is O=C1CCCCN1CCCCCCc1nn[nH]n1. The third kappa shape index (κ3) is 4.09.